The number of hydrogen-bond acceptors (Lipinski definition) is 1. The van der Waals surface area contributed by atoms with E-state index in [0.29, 0.717) is 11.3 Å². The van der Waals surface area contributed by atoms with Crippen LogP contribution in [0.5, 0.6) is 11.5 Å². The van der Waals surface area contributed by atoms with E-state index in [4.69, 9.17) is 16.3 Å². The molecular weight excluding hydrogens is 227 g/mol. The van der Waals surface area contributed by atoms with Crippen molar-refractivity contribution in [2.75, 3.05) is 0 Å². The third kappa shape index (κ3) is 2.34. The van der Waals surface area contributed by atoms with Crippen molar-refractivity contribution in [3.63, 3.8) is 0 Å². The quantitative estimate of drug-likeness (QED) is 0.720. The van der Waals surface area contributed by atoms with Crippen LogP contribution in [0, 0.1) is 5.82 Å². The maximum Gasteiger partial charge on any atom is 0.167 e. The van der Waals surface area contributed by atoms with E-state index in [-0.39, 0.29) is 11.6 Å². The fourth-order valence-corrected chi connectivity index (χ4v) is 1.59. The second-order valence-electron chi connectivity index (χ2n) is 3.28. The van der Waals surface area contributed by atoms with Gasteiger partial charge in [0.2, 0.25) is 0 Å². The van der Waals surface area contributed by atoms with Gasteiger partial charge in [-0.25, -0.2) is 4.39 Å². The van der Waals surface area contributed by atoms with Crippen molar-refractivity contribution in [3.05, 3.63) is 59.9 Å². The molecule has 0 aliphatic rings. The molecular formula is C13H10ClFO. The smallest absolute Gasteiger partial charge is 0.167 e. The van der Waals surface area contributed by atoms with Crippen LogP contribution in [0.4, 0.5) is 4.39 Å². The summed E-state index contributed by atoms with van der Waals surface area (Å²) < 4.78 is 19.0. The van der Waals surface area contributed by atoms with Crippen LogP contribution in [-0.4, -0.2) is 0 Å². The van der Waals surface area contributed by atoms with E-state index in [0.717, 1.165) is 0 Å². The molecule has 2 aromatic rings. The zero-order valence-corrected chi connectivity index (χ0v) is 9.25. The van der Waals surface area contributed by atoms with E-state index < -0.39 is 5.82 Å². The predicted molar refractivity (Wildman–Crippen MR) is 62.5 cm³/mol. The molecule has 82 valence electrons. The molecule has 0 N–H and O–H groups in total. The molecule has 0 saturated carbocycles. The molecule has 0 aromatic heterocycles. The van der Waals surface area contributed by atoms with Crippen LogP contribution in [0.2, 0.25) is 0 Å². The van der Waals surface area contributed by atoms with E-state index in [1.807, 2.05) is 18.2 Å². The Morgan fingerprint density at radius 1 is 1.00 bits per heavy atom. The van der Waals surface area contributed by atoms with Gasteiger partial charge in [0.15, 0.2) is 11.6 Å². The first-order valence-corrected chi connectivity index (χ1v) is 5.41. The second kappa shape index (κ2) is 4.99. The summed E-state index contributed by atoms with van der Waals surface area (Å²) in [5.41, 5.74) is 0.644. The molecule has 0 saturated heterocycles. The van der Waals surface area contributed by atoms with Crippen molar-refractivity contribution < 1.29 is 9.13 Å². The van der Waals surface area contributed by atoms with E-state index in [1.165, 1.54) is 6.07 Å². The topological polar surface area (TPSA) is 9.23 Å². The molecule has 0 aliphatic heterocycles. The Balaban J connectivity index is 2.34. The normalized spacial score (nSPS) is 10.1. The molecule has 3 heteroatoms. The molecule has 1 nitrogen and oxygen atoms in total. The maximum absolute atomic E-state index is 13.5. The summed E-state index contributed by atoms with van der Waals surface area (Å²) in [6, 6.07) is 13.8. The molecule has 0 unspecified atom stereocenters. The van der Waals surface area contributed by atoms with Crippen molar-refractivity contribution in [1.29, 1.82) is 0 Å². The highest BCUT2D eigenvalue weighted by molar-refractivity contribution is 6.17. The minimum absolute atomic E-state index is 0.198. The summed E-state index contributed by atoms with van der Waals surface area (Å²) in [4.78, 5) is 0. The molecule has 0 aliphatic carbocycles. The zero-order valence-electron chi connectivity index (χ0n) is 8.49. The number of rotatable bonds is 3. The molecule has 0 amide bonds. The van der Waals surface area contributed by atoms with Crippen LogP contribution in [-0.2, 0) is 5.88 Å². The Morgan fingerprint density at radius 2 is 1.75 bits per heavy atom. The lowest BCUT2D eigenvalue weighted by molar-refractivity contribution is 0.438. The second-order valence-corrected chi connectivity index (χ2v) is 3.54. The average molecular weight is 237 g/mol. The van der Waals surface area contributed by atoms with Gasteiger partial charge >= 0.3 is 0 Å². The van der Waals surface area contributed by atoms with Crippen molar-refractivity contribution in [1.82, 2.24) is 0 Å². The first kappa shape index (κ1) is 11.0. The minimum atomic E-state index is -0.401. The average Bonchev–Trinajstić information content (AvgIpc) is 2.33. The highest BCUT2D eigenvalue weighted by atomic mass is 35.5. The summed E-state index contributed by atoms with van der Waals surface area (Å²) in [6.45, 7) is 0. The van der Waals surface area contributed by atoms with E-state index in [9.17, 15) is 4.39 Å². The number of hydrogen-bond donors (Lipinski definition) is 0. The van der Waals surface area contributed by atoms with Crippen LogP contribution in [0.3, 0.4) is 0 Å². The van der Waals surface area contributed by atoms with Gasteiger partial charge in [0.1, 0.15) is 5.75 Å². The van der Waals surface area contributed by atoms with Gasteiger partial charge in [-0.2, -0.15) is 0 Å². The van der Waals surface area contributed by atoms with Gasteiger partial charge in [0.05, 0.1) is 5.88 Å². The Labute approximate surface area is 98.4 Å². The third-order valence-corrected chi connectivity index (χ3v) is 2.44. The van der Waals surface area contributed by atoms with E-state index in [1.54, 1.807) is 24.3 Å². The van der Waals surface area contributed by atoms with Crippen molar-refractivity contribution >= 4 is 11.6 Å². The molecule has 0 atom stereocenters. The largest absolute Gasteiger partial charge is 0.454 e. The molecule has 0 radical (unpaired) electrons. The molecule has 0 heterocycles. The monoisotopic (exact) mass is 236 g/mol. The summed E-state index contributed by atoms with van der Waals surface area (Å²) in [7, 11) is 0. The lowest BCUT2D eigenvalue weighted by Crippen LogP contribution is -1.92. The van der Waals surface area contributed by atoms with Crippen LogP contribution >= 0.6 is 11.6 Å². The maximum atomic E-state index is 13.5. The molecule has 2 aromatic carbocycles. The SMILES string of the molecule is Fc1cccc(CCl)c1Oc1ccccc1. The summed E-state index contributed by atoms with van der Waals surface area (Å²) in [5.74, 6) is 0.615. The number of ether oxygens (including phenoxy) is 1. The number of halogens is 2. The van der Waals surface area contributed by atoms with Crippen molar-refractivity contribution in [3.8, 4) is 11.5 Å². The lowest BCUT2D eigenvalue weighted by Gasteiger charge is -2.10. The highest BCUT2D eigenvalue weighted by Gasteiger charge is 2.09. The first-order chi connectivity index (χ1) is 7.81. The molecule has 0 spiro atoms. The Kier molecular flexibility index (Phi) is 3.42. The number of para-hydroxylation sites is 2. The third-order valence-electron chi connectivity index (χ3n) is 2.16. The Bertz CT molecular complexity index is 471. The van der Waals surface area contributed by atoms with E-state index >= 15 is 0 Å². The van der Waals surface area contributed by atoms with Crippen LogP contribution in [0.1, 0.15) is 5.56 Å². The molecule has 0 bridgehead atoms. The fraction of sp³-hybridized carbons (Fsp3) is 0.0769. The van der Waals surface area contributed by atoms with Gasteiger partial charge in [-0.3, -0.25) is 0 Å². The van der Waals surface area contributed by atoms with Crippen LogP contribution in [0.25, 0.3) is 0 Å². The predicted octanol–water partition coefficient (Wildman–Crippen LogP) is 4.36. The van der Waals surface area contributed by atoms with E-state index in [2.05, 4.69) is 0 Å². The van der Waals surface area contributed by atoms with Crippen LogP contribution in [0.15, 0.2) is 48.5 Å². The fourth-order valence-electron chi connectivity index (χ4n) is 1.38. The van der Waals surface area contributed by atoms with Crippen molar-refractivity contribution in [2.24, 2.45) is 0 Å². The van der Waals surface area contributed by atoms with Crippen LogP contribution < -0.4 is 4.74 Å². The van der Waals surface area contributed by atoms with Crippen molar-refractivity contribution in [2.45, 2.75) is 5.88 Å². The Hall–Kier alpha value is -1.54. The van der Waals surface area contributed by atoms with Gasteiger partial charge < -0.3 is 4.74 Å². The van der Waals surface area contributed by atoms with Gasteiger partial charge in [-0.05, 0) is 18.2 Å². The van der Waals surface area contributed by atoms with Gasteiger partial charge in [0, 0.05) is 5.56 Å². The summed E-state index contributed by atoms with van der Waals surface area (Å²) in [5, 5.41) is 0. The molecule has 2 rings (SSSR count). The van der Waals surface area contributed by atoms with Gasteiger partial charge in [-0.1, -0.05) is 30.3 Å². The minimum Gasteiger partial charge on any atom is -0.454 e. The first-order valence-electron chi connectivity index (χ1n) is 4.87. The van der Waals surface area contributed by atoms with Gasteiger partial charge in [0.25, 0.3) is 0 Å². The Morgan fingerprint density at radius 3 is 2.44 bits per heavy atom. The standard InChI is InChI=1S/C13H10ClFO/c14-9-10-5-4-8-12(15)13(10)16-11-6-2-1-3-7-11/h1-8H,9H2. The summed E-state index contributed by atoms with van der Waals surface area (Å²) >= 11 is 5.72. The number of benzene rings is 2. The van der Waals surface area contributed by atoms with Gasteiger partial charge in [-0.15, -0.1) is 11.6 Å². The highest BCUT2D eigenvalue weighted by Crippen LogP contribution is 2.29. The molecule has 0 fully saturated rings. The molecule has 16 heavy (non-hydrogen) atoms. The lowest BCUT2D eigenvalue weighted by atomic mass is 10.2. The summed E-state index contributed by atoms with van der Waals surface area (Å²) in [6.07, 6.45) is 0. The number of alkyl halides is 1. The zero-order chi connectivity index (χ0) is 11.4.